The van der Waals surface area contributed by atoms with E-state index >= 15 is 0 Å². The second-order valence-corrected chi connectivity index (χ2v) is 11.6. The van der Waals surface area contributed by atoms with Gasteiger partial charge in [-0.05, 0) is 25.8 Å². The van der Waals surface area contributed by atoms with Crippen LogP contribution in [-0.4, -0.2) is 86.2 Å². The van der Waals surface area contributed by atoms with Gasteiger partial charge in [0.05, 0.1) is 28.3 Å². The van der Waals surface area contributed by atoms with Crippen molar-refractivity contribution in [2.24, 2.45) is 5.41 Å². The van der Waals surface area contributed by atoms with E-state index in [1.54, 1.807) is 4.90 Å². The first kappa shape index (κ1) is 25.2. The van der Waals surface area contributed by atoms with Gasteiger partial charge in [0.2, 0.25) is 0 Å². The number of piperazine rings is 1. The summed E-state index contributed by atoms with van der Waals surface area (Å²) in [5.41, 5.74) is 0.441. The lowest BCUT2D eigenvalue weighted by Gasteiger charge is -2.39. The smallest absolute Gasteiger partial charge is 0.281 e. The van der Waals surface area contributed by atoms with Crippen LogP contribution < -0.4 is 4.90 Å². The molecule has 1 aromatic carbocycles. The van der Waals surface area contributed by atoms with Crippen molar-refractivity contribution in [3.63, 3.8) is 0 Å². The number of nitriles is 1. The van der Waals surface area contributed by atoms with Crippen molar-refractivity contribution in [1.29, 1.82) is 5.26 Å². The molecule has 12 heteroatoms. The van der Waals surface area contributed by atoms with Crippen LogP contribution in [0.15, 0.2) is 18.3 Å². The molecular weight excluding hydrogens is 478 g/mol. The molecule has 9 nitrogen and oxygen atoms in total. The number of piperidine rings is 1. The molecule has 0 spiro atoms. The number of halogens is 2. The van der Waals surface area contributed by atoms with E-state index in [1.165, 1.54) is 24.6 Å². The molecule has 0 radical (unpaired) electrons. The number of amides is 1. The van der Waals surface area contributed by atoms with E-state index < -0.39 is 27.3 Å². The van der Waals surface area contributed by atoms with Crippen molar-refractivity contribution in [1.82, 2.24) is 18.5 Å². The van der Waals surface area contributed by atoms with Crippen LogP contribution in [-0.2, 0) is 10.2 Å². The summed E-state index contributed by atoms with van der Waals surface area (Å²) in [6, 6.07) is 4.41. The zero-order valence-corrected chi connectivity index (χ0v) is 20.8. The normalized spacial score (nSPS) is 19.2. The Balaban J connectivity index is 1.69. The second kappa shape index (κ2) is 9.29. The third-order valence-electron chi connectivity index (χ3n) is 6.88. The SMILES string of the molecule is CN(C)S(=O)(=O)N1CCN(C(=O)c2cnc3cc(F)c(F)cc3c2N2CCC(C)(C#N)CC2)CC1. The number of carbonyl (C=O) groups excluding carboxylic acids is 1. The number of hydrogen-bond donors (Lipinski definition) is 0. The van der Waals surface area contributed by atoms with E-state index in [-0.39, 0.29) is 43.2 Å². The van der Waals surface area contributed by atoms with Crippen LogP contribution in [0.25, 0.3) is 10.9 Å². The van der Waals surface area contributed by atoms with Crippen LogP contribution in [0.3, 0.4) is 0 Å². The van der Waals surface area contributed by atoms with Gasteiger partial charge in [-0.3, -0.25) is 9.78 Å². The number of pyridine rings is 1. The van der Waals surface area contributed by atoms with Crippen LogP contribution in [0.4, 0.5) is 14.5 Å². The first-order valence-electron chi connectivity index (χ1n) is 11.4. The molecule has 0 N–H and O–H groups in total. The zero-order valence-electron chi connectivity index (χ0n) is 20.0. The Morgan fingerprint density at radius 2 is 1.69 bits per heavy atom. The van der Waals surface area contributed by atoms with Gasteiger partial charge in [-0.2, -0.15) is 22.3 Å². The molecule has 35 heavy (non-hydrogen) atoms. The van der Waals surface area contributed by atoms with E-state index in [0.717, 1.165) is 16.4 Å². The molecule has 0 bridgehead atoms. The lowest BCUT2D eigenvalue weighted by molar-refractivity contribution is 0.0695. The van der Waals surface area contributed by atoms with Crippen LogP contribution >= 0.6 is 0 Å². The highest BCUT2D eigenvalue weighted by atomic mass is 32.2. The van der Waals surface area contributed by atoms with Crippen molar-refractivity contribution in [3.05, 3.63) is 35.5 Å². The summed E-state index contributed by atoms with van der Waals surface area (Å²) in [6.07, 6.45) is 2.50. The monoisotopic (exact) mass is 506 g/mol. The first-order valence-corrected chi connectivity index (χ1v) is 12.8. The Morgan fingerprint density at radius 3 is 2.26 bits per heavy atom. The Morgan fingerprint density at radius 1 is 1.09 bits per heavy atom. The highest BCUT2D eigenvalue weighted by Crippen LogP contribution is 2.37. The minimum absolute atomic E-state index is 0.146. The molecular formula is C23H28F2N6O3S. The second-order valence-electron chi connectivity index (χ2n) is 9.44. The van der Waals surface area contributed by atoms with Crippen LogP contribution in [0.1, 0.15) is 30.1 Å². The first-order chi connectivity index (χ1) is 16.5. The van der Waals surface area contributed by atoms with Crippen LogP contribution in [0, 0.1) is 28.4 Å². The largest absolute Gasteiger partial charge is 0.370 e. The maximum atomic E-state index is 14.3. The van der Waals surface area contributed by atoms with Gasteiger partial charge < -0.3 is 9.80 Å². The number of aromatic nitrogens is 1. The average molecular weight is 507 g/mol. The molecule has 0 saturated carbocycles. The fourth-order valence-electron chi connectivity index (χ4n) is 4.53. The fourth-order valence-corrected chi connectivity index (χ4v) is 5.62. The van der Waals surface area contributed by atoms with E-state index in [0.29, 0.717) is 37.0 Å². The fraction of sp³-hybridized carbons (Fsp3) is 0.522. The van der Waals surface area contributed by atoms with Crippen LogP contribution in [0.2, 0.25) is 0 Å². The molecule has 2 aliphatic rings. The van der Waals surface area contributed by atoms with E-state index in [9.17, 15) is 27.3 Å². The average Bonchev–Trinajstić information content (AvgIpc) is 2.84. The molecule has 3 heterocycles. The molecule has 2 fully saturated rings. The third-order valence-corrected chi connectivity index (χ3v) is 8.82. The number of anilines is 1. The molecule has 0 atom stereocenters. The van der Waals surface area contributed by atoms with E-state index in [1.807, 2.05) is 11.8 Å². The molecule has 2 saturated heterocycles. The van der Waals surface area contributed by atoms with Crippen molar-refractivity contribution in [2.75, 3.05) is 58.3 Å². The highest BCUT2D eigenvalue weighted by molar-refractivity contribution is 7.86. The summed E-state index contributed by atoms with van der Waals surface area (Å²) in [5, 5.41) is 9.81. The number of carbonyl (C=O) groups is 1. The predicted octanol–water partition coefficient (Wildman–Crippen LogP) is 2.21. The van der Waals surface area contributed by atoms with Gasteiger partial charge in [0.15, 0.2) is 11.6 Å². The standard InChI is InChI=1S/C23H28F2N6O3S/c1-23(15-26)4-6-29(7-5-23)21-16-12-18(24)19(25)13-20(16)27-14-17(21)22(32)30-8-10-31(11-9-30)35(33,34)28(2)3/h12-14H,4-11H2,1-3H3. The van der Waals surface area contributed by atoms with Crippen molar-refractivity contribution in [2.45, 2.75) is 19.8 Å². The summed E-state index contributed by atoms with van der Waals surface area (Å²) < 4.78 is 55.5. The molecule has 0 aliphatic carbocycles. The van der Waals surface area contributed by atoms with E-state index in [2.05, 4.69) is 11.1 Å². The Kier molecular flexibility index (Phi) is 6.70. The predicted molar refractivity (Wildman–Crippen MR) is 127 cm³/mol. The van der Waals surface area contributed by atoms with Crippen molar-refractivity contribution >= 4 is 32.7 Å². The molecule has 2 aromatic rings. The minimum Gasteiger partial charge on any atom is -0.370 e. The number of benzene rings is 1. The molecule has 4 rings (SSSR count). The van der Waals surface area contributed by atoms with Gasteiger partial charge in [0, 0.05) is 71.0 Å². The molecule has 1 amide bonds. The number of rotatable bonds is 4. The Bertz CT molecular complexity index is 1290. The quantitative estimate of drug-likeness (QED) is 0.630. The molecule has 188 valence electrons. The van der Waals surface area contributed by atoms with Crippen LogP contribution in [0.5, 0.6) is 0 Å². The van der Waals surface area contributed by atoms with Gasteiger partial charge >= 0.3 is 0 Å². The summed E-state index contributed by atoms with van der Waals surface area (Å²) in [4.78, 5) is 21.3. The highest BCUT2D eigenvalue weighted by Gasteiger charge is 2.35. The minimum atomic E-state index is -3.59. The number of hydrogen-bond acceptors (Lipinski definition) is 6. The molecule has 1 aromatic heterocycles. The lowest BCUT2D eigenvalue weighted by Crippen LogP contribution is -2.53. The van der Waals surface area contributed by atoms with Gasteiger partial charge in [-0.25, -0.2) is 8.78 Å². The maximum absolute atomic E-state index is 14.3. The maximum Gasteiger partial charge on any atom is 0.281 e. The summed E-state index contributed by atoms with van der Waals surface area (Å²) >= 11 is 0. The van der Waals surface area contributed by atoms with Gasteiger partial charge in [-0.15, -0.1) is 0 Å². The van der Waals surface area contributed by atoms with Gasteiger partial charge in [-0.1, -0.05) is 0 Å². The van der Waals surface area contributed by atoms with Crippen molar-refractivity contribution in [3.8, 4) is 6.07 Å². The van der Waals surface area contributed by atoms with Gasteiger partial charge in [0.25, 0.3) is 16.1 Å². The zero-order chi connectivity index (χ0) is 25.5. The third kappa shape index (κ3) is 4.68. The number of nitrogens with zero attached hydrogens (tertiary/aromatic N) is 6. The summed E-state index contributed by atoms with van der Waals surface area (Å²) in [5.74, 6) is -2.41. The Hall–Kier alpha value is -2.88. The topological polar surface area (TPSA) is 101 Å². The lowest BCUT2D eigenvalue weighted by atomic mass is 9.81. The number of fused-ring (bicyclic) bond motifs is 1. The molecule has 2 aliphatic heterocycles. The van der Waals surface area contributed by atoms with Gasteiger partial charge in [0.1, 0.15) is 0 Å². The summed E-state index contributed by atoms with van der Waals surface area (Å²) in [6.45, 7) is 3.49. The van der Waals surface area contributed by atoms with E-state index in [4.69, 9.17) is 0 Å². The van der Waals surface area contributed by atoms with Crippen molar-refractivity contribution < 1.29 is 22.0 Å². The molecule has 0 unspecified atom stereocenters. The Labute approximate surface area is 203 Å². The summed E-state index contributed by atoms with van der Waals surface area (Å²) in [7, 11) is -0.673.